The summed E-state index contributed by atoms with van der Waals surface area (Å²) >= 11 is 0. The predicted octanol–water partition coefficient (Wildman–Crippen LogP) is 1.58. The number of benzene rings is 1. The van der Waals surface area contributed by atoms with E-state index in [0.717, 1.165) is 25.6 Å². The lowest BCUT2D eigenvalue weighted by atomic mass is 9.94. The lowest BCUT2D eigenvalue weighted by molar-refractivity contribution is 0.0934. The first-order chi connectivity index (χ1) is 10.2. The van der Waals surface area contributed by atoms with Crippen LogP contribution in [0.25, 0.3) is 0 Å². The molecule has 1 heterocycles. The highest BCUT2D eigenvalue weighted by Gasteiger charge is 2.29. The standard InChI is InChI=1S/C17H25N3O.H2O/c18-14-8-6-13(7-9-14)17(21)19-15-10-11-20(12-15)16-4-2-1-3-5-16;/h6-9,15-16H,1-5,10-12,18H2,(H,19,21);1H2. The molecule has 122 valence electrons. The van der Waals surface area contributed by atoms with Crippen LogP contribution in [0.15, 0.2) is 24.3 Å². The third-order valence-corrected chi connectivity index (χ3v) is 4.82. The Morgan fingerprint density at radius 3 is 2.45 bits per heavy atom. The van der Waals surface area contributed by atoms with Crippen molar-refractivity contribution in [1.29, 1.82) is 0 Å². The van der Waals surface area contributed by atoms with Gasteiger partial charge in [0.1, 0.15) is 0 Å². The van der Waals surface area contributed by atoms with E-state index in [2.05, 4.69) is 10.2 Å². The Bertz CT molecular complexity index is 483. The molecule has 0 radical (unpaired) electrons. The molecule has 1 aliphatic carbocycles. The molecule has 0 aromatic heterocycles. The van der Waals surface area contributed by atoms with Crippen LogP contribution in [0.3, 0.4) is 0 Å². The number of carbonyl (C=O) groups is 1. The summed E-state index contributed by atoms with van der Waals surface area (Å²) in [6.07, 6.45) is 7.85. The number of rotatable bonds is 3. The maximum Gasteiger partial charge on any atom is 0.251 e. The summed E-state index contributed by atoms with van der Waals surface area (Å²) in [4.78, 5) is 14.8. The average molecular weight is 305 g/mol. The van der Waals surface area contributed by atoms with Crippen molar-refractivity contribution in [2.24, 2.45) is 0 Å². The molecule has 1 unspecified atom stereocenters. The molecule has 0 spiro atoms. The second kappa shape index (κ2) is 7.61. The molecule has 2 aliphatic rings. The molecule has 0 bridgehead atoms. The molecule has 3 rings (SSSR count). The molecule has 1 aliphatic heterocycles. The van der Waals surface area contributed by atoms with Crippen molar-refractivity contribution in [3.05, 3.63) is 29.8 Å². The van der Waals surface area contributed by atoms with E-state index in [1.54, 1.807) is 24.3 Å². The number of nitrogens with one attached hydrogen (secondary N) is 1. The zero-order valence-electron chi connectivity index (χ0n) is 13.1. The Labute approximate surface area is 132 Å². The first-order valence-corrected chi connectivity index (χ1v) is 8.13. The molecule has 1 atom stereocenters. The van der Waals surface area contributed by atoms with E-state index in [1.807, 2.05) is 0 Å². The van der Waals surface area contributed by atoms with Gasteiger partial charge in [-0.25, -0.2) is 0 Å². The van der Waals surface area contributed by atoms with Crippen LogP contribution in [0.2, 0.25) is 0 Å². The Morgan fingerprint density at radius 1 is 1.09 bits per heavy atom. The van der Waals surface area contributed by atoms with Crippen LogP contribution in [0.5, 0.6) is 0 Å². The Hall–Kier alpha value is -1.59. The van der Waals surface area contributed by atoms with Gasteiger partial charge in [0.05, 0.1) is 0 Å². The Kier molecular flexibility index (Phi) is 5.80. The molecule has 1 aromatic rings. The van der Waals surface area contributed by atoms with Crippen LogP contribution in [0.1, 0.15) is 48.9 Å². The van der Waals surface area contributed by atoms with E-state index >= 15 is 0 Å². The third-order valence-electron chi connectivity index (χ3n) is 4.82. The number of amides is 1. The summed E-state index contributed by atoms with van der Waals surface area (Å²) < 4.78 is 0. The molecule has 1 saturated carbocycles. The lowest BCUT2D eigenvalue weighted by Crippen LogP contribution is -2.40. The summed E-state index contributed by atoms with van der Waals surface area (Å²) in [6.45, 7) is 2.13. The second-order valence-electron chi connectivity index (χ2n) is 6.37. The topological polar surface area (TPSA) is 89.9 Å². The summed E-state index contributed by atoms with van der Waals surface area (Å²) in [7, 11) is 0. The van der Waals surface area contributed by atoms with Gasteiger partial charge in [-0.3, -0.25) is 9.69 Å². The molecule has 5 heteroatoms. The Morgan fingerprint density at radius 2 is 1.77 bits per heavy atom. The van der Waals surface area contributed by atoms with E-state index in [1.165, 1.54) is 32.1 Å². The van der Waals surface area contributed by atoms with Crippen LogP contribution in [0.4, 0.5) is 5.69 Å². The van der Waals surface area contributed by atoms with Gasteiger partial charge in [0, 0.05) is 36.4 Å². The van der Waals surface area contributed by atoms with Gasteiger partial charge >= 0.3 is 0 Å². The van der Waals surface area contributed by atoms with Crippen molar-refractivity contribution in [3.8, 4) is 0 Å². The minimum absolute atomic E-state index is 0. The normalized spacial score (nSPS) is 23.0. The minimum atomic E-state index is 0. The number of nitrogens with two attached hydrogens (primary N) is 1. The molecular formula is C17H27N3O2. The van der Waals surface area contributed by atoms with Gasteiger partial charge in [0.2, 0.25) is 0 Å². The SMILES string of the molecule is Nc1ccc(C(=O)NC2CCN(C3CCCCC3)C2)cc1.O. The number of hydrogen-bond donors (Lipinski definition) is 2. The lowest BCUT2D eigenvalue weighted by Gasteiger charge is -2.31. The molecule has 2 fully saturated rings. The monoisotopic (exact) mass is 305 g/mol. The molecule has 1 aromatic carbocycles. The van der Waals surface area contributed by atoms with Gasteiger partial charge in [-0.2, -0.15) is 0 Å². The molecule has 5 nitrogen and oxygen atoms in total. The quantitative estimate of drug-likeness (QED) is 0.831. The predicted molar refractivity (Wildman–Crippen MR) is 88.8 cm³/mol. The Balaban J connectivity index is 0.00000176. The molecule has 1 saturated heterocycles. The van der Waals surface area contributed by atoms with Crippen molar-refractivity contribution >= 4 is 11.6 Å². The van der Waals surface area contributed by atoms with E-state index < -0.39 is 0 Å². The number of anilines is 1. The summed E-state index contributed by atoms with van der Waals surface area (Å²) in [5.74, 6) is 0.0190. The second-order valence-corrected chi connectivity index (χ2v) is 6.37. The minimum Gasteiger partial charge on any atom is -0.412 e. The molecule has 1 amide bonds. The van der Waals surface area contributed by atoms with Gasteiger partial charge in [0.15, 0.2) is 0 Å². The van der Waals surface area contributed by atoms with E-state index in [4.69, 9.17) is 5.73 Å². The van der Waals surface area contributed by atoms with E-state index in [0.29, 0.717) is 11.3 Å². The van der Waals surface area contributed by atoms with Crippen LogP contribution >= 0.6 is 0 Å². The summed E-state index contributed by atoms with van der Waals surface area (Å²) in [5.41, 5.74) is 7.04. The van der Waals surface area contributed by atoms with Crippen LogP contribution < -0.4 is 11.1 Å². The van der Waals surface area contributed by atoms with Crippen molar-refractivity contribution in [2.75, 3.05) is 18.8 Å². The number of likely N-dealkylation sites (tertiary alicyclic amines) is 1. The van der Waals surface area contributed by atoms with Crippen LogP contribution in [-0.4, -0.2) is 41.5 Å². The first kappa shape index (κ1) is 16.8. The van der Waals surface area contributed by atoms with E-state index in [-0.39, 0.29) is 17.4 Å². The third kappa shape index (κ3) is 3.99. The number of hydrogen-bond acceptors (Lipinski definition) is 3. The highest BCUT2D eigenvalue weighted by molar-refractivity contribution is 5.94. The van der Waals surface area contributed by atoms with Gasteiger partial charge in [-0.05, 0) is 43.5 Å². The van der Waals surface area contributed by atoms with Crippen molar-refractivity contribution < 1.29 is 10.3 Å². The molecule has 5 N–H and O–H groups in total. The van der Waals surface area contributed by atoms with Crippen molar-refractivity contribution in [3.63, 3.8) is 0 Å². The smallest absolute Gasteiger partial charge is 0.251 e. The van der Waals surface area contributed by atoms with Gasteiger partial charge in [0.25, 0.3) is 5.91 Å². The summed E-state index contributed by atoms with van der Waals surface area (Å²) in [5, 5.41) is 3.16. The van der Waals surface area contributed by atoms with Gasteiger partial charge < -0.3 is 16.5 Å². The fourth-order valence-electron chi connectivity index (χ4n) is 3.59. The van der Waals surface area contributed by atoms with Crippen molar-refractivity contribution in [2.45, 2.75) is 50.6 Å². The fourth-order valence-corrected chi connectivity index (χ4v) is 3.59. The van der Waals surface area contributed by atoms with Gasteiger partial charge in [-0.15, -0.1) is 0 Å². The maximum absolute atomic E-state index is 12.2. The largest absolute Gasteiger partial charge is 0.412 e. The molecule has 22 heavy (non-hydrogen) atoms. The number of carbonyl (C=O) groups excluding carboxylic acids is 1. The fraction of sp³-hybridized carbons (Fsp3) is 0.588. The molecular weight excluding hydrogens is 278 g/mol. The zero-order chi connectivity index (χ0) is 14.7. The van der Waals surface area contributed by atoms with E-state index in [9.17, 15) is 4.79 Å². The van der Waals surface area contributed by atoms with Gasteiger partial charge in [-0.1, -0.05) is 19.3 Å². The van der Waals surface area contributed by atoms with Crippen LogP contribution in [0, 0.1) is 0 Å². The number of nitrogen functional groups attached to an aromatic ring is 1. The highest BCUT2D eigenvalue weighted by atomic mass is 16.1. The zero-order valence-corrected chi connectivity index (χ0v) is 13.1. The maximum atomic E-state index is 12.2. The number of nitrogens with zero attached hydrogens (tertiary/aromatic N) is 1. The first-order valence-electron chi connectivity index (χ1n) is 8.13. The van der Waals surface area contributed by atoms with Crippen molar-refractivity contribution in [1.82, 2.24) is 10.2 Å². The van der Waals surface area contributed by atoms with Crippen LogP contribution in [-0.2, 0) is 0 Å². The average Bonchev–Trinajstić information content (AvgIpc) is 2.97. The highest BCUT2D eigenvalue weighted by Crippen LogP contribution is 2.25. The summed E-state index contributed by atoms with van der Waals surface area (Å²) in [6, 6.07) is 8.17.